The van der Waals surface area contributed by atoms with Crippen molar-refractivity contribution in [3.63, 3.8) is 0 Å². The highest BCUT2D eigenvalue weighted by atomic mass is 16.4. The van der Waals surface area contributed by atoms with Gasteiger partial charge >= 0.3 is 5.97 Å². The van der Waals surface area contributed by atoms with Crippen molar-refractivity contribution < 1.29 is 9.90 Å². The van der Waals surface area contributed by atoms with Crippen molar-refractivity contribution in [3.05, 3.63) is 35.4 Å². The second kappa shape index (κ2) is 6.99. The first-order chi connectivity index (χ1) is 11.0. The van der Waals surface area contributed by atoms with Crippen molar-refractivity contribution in [1.29, 1.82) is 0 Å². The molecule has 2 atom stereocenters. The molecule has 0 bridgehead atoms. The van der Waals surface area contributed by atoms with Crippen molar-refractivity contribution in [2.75, 3.05) is 46.3 Å². The zero-order chi connectivity index (χ0) is 16.4. The summed E-state index contributed by atoms with van der Waals surface area (Å²) in [7, 11) is 2.04. The molecule has 0 amide bonds. The molecule has 0 aromatic heterocycles. The Morgan fingerprint density at radius 2 is 1.87 bits per heavy atom. The second-order valence-corrected chi connectivity index (χ2v) is 7.13. The quantitative estimate of drug-likeness (QED) is 0.905. The molecule has 1 N–H and O–H groups in total. The van der Waals surface area contributed by atoms with E-state index < -0.39 is 5.97 Å². The minimum Gasteiger partial charge on any atom is -0.481 e. The average Bonchev–Trinajstić information content (AvgIpc) is 2.67. The Labute approximate surface area is 138 Å². The summed E-state index contributed by atoms with van der Waals surface area (Å²) in [6, 6.07) is 9.19. The SMILES string of the molecule is Cc1ccc(CN2CCN3CC(C(=O)O)CN(C)CC3C2)cc1. The molecular formula is C18H27N3O2. The number of rotatable bonds is 3. The van der Waals surface area contributed by atoms with E-state index in [0.29, 0.717) is 19.1 Å². The number of carbonyl (C=O) groups is 1. The van der Waals surface area contributed by atoms with Gasteiger partial charge in [0.2, 0.25) is 0 Å². The van der Waals surface area contributed by atoms with Crippen LogP contribution >= 0.6 is 0 Å². The molecule has 126 valence electrons. The zero-order valence-electron chi connectivity index (χ0n) is 14.1. The van der Waals surface area contributed by atoms with Crippen LogP contribution in [0, 0.1) is 12.8 Å². The number of hydrogen-bond acceptors (Lipinski definition) is 4. The number of piperazine rings is 1. The van der Waals surface area contributed by atoms with Crippen molar-refractivity contribution in [1.82, 2.24) is 14.7 Å². The number of carboxylic acids is 1. The van der Waals surface area contributed by atoms with Gasteiger partial charge in [0, 0.05) is 51.9 Å². The average molecular weight is 317 g/mol. The molecule has 0 radical (unpaired) electrons. The van der Waals surface area contributed by atoms with Crippen LogP contribution in [0.1, 0.15) is 11.1 Å². The molecule has 0 spiro atoms. The van der Waals surface area contributed by atoms with Crippen LogP contribution in [0.2, 0.25) is 0 Å². The van der Waals surface area contributed by atoms with E-state index in [9.17, 15) is 9.90 Å². The van der Waals surface area contributed by atoms with E-state index in [1.54, 1.807) is 0 Å². The molecule has 2 fully saturated rings. The van der Waals surface area contributed by atoms with Gasteiger partial charge in [-0.3, -0.25) is 14.6 Å². The number of benzene rings is 1. The monoisotopic (exact) mass is 317 g/mol. The fourth-order valence-electron chi connectivity index (χ4n) is 3.77. The number of likely N-dealkylation sites (N-methyl/N-ethyl adjacent to an activating group) is 1. The van der Waals surface area contributed by atoms with Gasteiger partial charge in [0.25, 0.3) is 0 Å². The first-order valence-corrected chi connectivity index (χ1v) is 8.44. The van der Waals surface area contributed by atoms with Crippen LogP contribution in [0.4, 0.5) is 0 Å². The van der Waals surface area contributed by atoms with Crippen LogP contribution in [0.5, 0.6) is 0 Å². The Morgan fingerprint density at radius 3 is 2.57 bits per heavy atom. The predicted molar refractivity (Wildman–Crippen MR) is 90.4 cm³/mol. The molecule has 5 heteroatoms. The van der Waals surface area contributed by atoms with E-state index in [4.69, 9.17) is 0 Å². The molecule has 2 unspecified atom stereocenters. The summed E-state index contributed by atoms with van der Waals surface area (Å²) in [6.45, 7) is 8.38. The Hall–Kier alpha value is -1.43. The van der Waals surface area contributed by atoms with Crippen LogP contribution in [0.3, 0.4) is 0 Å². The molecule has 2 aliphatic heterocycles. The lowest BCUT2D eigenvalue weighted by atomic mass is 10.1. The zero-order valence-corrected chi connectivity index (χ0v) is 14.1. The summed E-state index contributed by atoms with van der Waals surface area (Å²) in [5.74, 6) is -0.937. The van der Waals surface area contributed by atoms with E-state index >= 15 is 0 Å². The van der Waals surface area contributed by atoms with Crippen molar-refractivity contribution in [2.45, 2.75) is 19.5 Å². The third-order valence-electron chi connectivity index (χ3n) is 5.07. The van der Waals surface area contributed by atoms with Crippen molar-refractivity contribution >= 4 is 5.97 Å². The van der Waals surface area contributed by atoms with Gasteiger partial charge in [-0.25, -0.2) is 0 Å². The number of carboxylic acid groups (broad SMARTS) is 1. The summed E-state index contributed by atoms with van der Waals surface area (Å²) < 4.78 is 0. The van der Waals surface area contributed by atoms with Gasteiger partial charge < -0.3 is 10.0 Å². The van der Waals surface area contributed by atoms with E-state index in [0.717, 1.165) is 32.7 Å². The smallest absolute Gasteiger partial charge is 0.309 e. The third-order valence-corrected chi connectivity index (χ3v) is 5.07. The highest BCUT2D eigenvalue weighted by Crippen LogP contribution is 2.19. The predicted octanol–water partition coefficient (Wildman–Crippen LogP) is 1.13. The maximum Gasteiger partial charge on any atom is 0.309 e. The van der Waals surface area contributed by atoms with Crippen molar-refractivity contribution in [3.8, 4) is 0 Å². The van der Waals surface area contributed by atoms with Crippen LogP contribution in [-0.2, 0) is 11.3 Å². The molecule has 0 aliphatic carbocycles. The van der Waals surface area contributed by atoms with E-state index in [1.807, 2.05) is 7.05 Å². The van der Waals surface area contributed by atoms with E-state index in [2.05, 4.69) is 45.9 Å². The highest BCUT2D eigenvalue weighted by Gasteiger charge is 2.35. The molecular weight excluding hydrogens is 290 g/mol. The first kappa shape index (κ1) is 16.4. The summed E-state index contributed by atoms with van der Waals surface area (Å²) >= 11 is 0. The normalized spacial score (nSPS) is 27.4. The standard InChI is InChI=1S/C18H27N3O2/c1-14-3-5-15(6-4-14)9-20-7-8-21-11-16(18(22)23)10-19(2)12-17(21)13-20/h3-6,16-17H,7-13H2,1-2H3,(H,22,23). The molecule has 1 aromatic rings. The van der Waals surface area contributed by atoms with Gasteiger partial charge in [-0.2, -0.15) is 0 Å². The third kappa shape index (κ3) is 4.10. The molecule has 2 saturated heterocycles. The fourth-order valence-corrected chi connectivity index (χ4v) is 3.77. The Bertz CT molecular complexity index is 546. The topological polar surface area (TPSA) is 47.0 Å². The van der Waals surface area contributed by atoms with Crippen LogP contribution in [0.15, 0.2) is 24.3 Å². The lowest BCUT2D eigenvalue weighted by molar-refractivity contribution is -0.142. The van der Waals surface area contributed by atoms with Crippen LogP contribution in [-0.4, -0.2) is 78.1 Å². The summed E-state index contributed by atoms with van der Waals surface area (Å²) in [5, 5.41) is 9.38. The van der Waals surface area contributed by atoms with Gasteiger partial charge in [0.15, 0.2) is 0 Å². The number of aliphatic carboxylic acids is 1. The molecule has 3 rings (SSSR count). The lowest BCUT2D eigenvalue weighted by Crippen LogP contribution is -2.55. The molecule has 2 aliphatic rings. The fraction of sp³-hybridized carbons (Fsp3) is 0.611. The van der Waals surface area contributed by atoms with Gasteiger partial charge in [-0.05, 0) is 19.5 Å². The summed E-state index contributed by atoms with van der Waals surface area (Å²) in [4.78, 5) is 18.5. The molecule has 5 nitrogen and oxygen atoms in total. The Morgan fingerprint density at radius 1 is 1.13 bits per heavy atom. The number of nitrogens with zero attached hydrogens (tertiary/aromatic N) is 3. The van der Waals surface area contributed by atoms with Gasteiger partial charge in [-0.15, -0.1) is 0 Å². The van der Waals surface area contributed by atoms with Crippen LogP contribution < -0.4 is 0 Å². The maximum absolute atomic E-state index is 11.4. The Kier molecular flexibility index (Phi) is 4.99. The lowest BCUT2D eigenvalue weighted by Gasteiger charge is -2.41. The number of hydrogen-bond donors (Lipinski definition) is 1. The largest absolute Gasteiger partial charge is 0.481 e. The highest BCUT2D eigenvalue weighted by molar-refractivity contribution is 5.70. The van der Waals surface area contributed by atoms with E-state index in [1.165, 1.54) is 11.1 Å². The summed E-state index contributed by atoms with van der Waals surface area (Å²) in [6.07, 6.45) is 0. The van der Waals surface area contributed by atoms with Gasteiger partial charge in [0.05, 0.1) is 5.92 Å². The molecule has 2 heterocycles. The summed E-state index contributed by atoms with van der Waals surface area (Å²) in [5.41, 5.74) is 2.65. The minimum atomic E-state index is -0.667. The Balaban J connectivity index is 1.63. The minimum absolute atomic E-state index is 0.270. The van der Waals surface area contributed by atoms with Gasteiger partial charge in [0.1, 0.15) is 0 Å². The first-order valence-electron chi connectivity index (χ1n) is 8.44. The van der Waals surface area contributed by atoms with Gasteiger partial charge in [-0.1, -0.05) is 29.8 Å². The van der Waals surface area contributed by atoms with Crippen molar-refractivity contribution in [2.24, 2.45) is 5.92 Å². The molecule has 23 heavy (non-hydrogen) atoms. The number of fused-ring (bicyclic) bond motifs is 1. The molecule has 0 saturated carbocycles. The maximum atomic E-state index is 11.4. The molecule has 1 aromatic carbocycles. The number of aryl methyl sites for hydroxylation is 1. The second-order valence-electron chi connectivity index (χ2n) is 7.13. The van der Waals surface area contributed by atoms with Crippen LogP contribution in [0.25, 0.3) is 0 Å². The van der Waals surface area contributed by atoms with E-state index in [-0.39, 0.29) is 5.92 Å².